The Bertz CT molecular complexity index is 1940. The van der Waals surface area contributed by atoms with Gasteiger partial charge in [-0.25, -0.2) is 13.1 Å². The van der Waals surface area contributed by atoms with Gasteiger partial charge in [0.05, 0.1) is 23.5 Å². The van der Waals surface area contributed by atoms with Gasteiger partial charge in [-0.05, 0) is 92.8 Å². The van der Waals surface area contributed by atoms with Gasteiger partial charge in [0.1, 0.15) is 5.75 Å². The molecule has 2 saturated heterocycles. The Labute approximate surface area is 290 Å². The third-order valence-electron chi connectivity index (χ3n) is 12.3. The van der Waals surface area contributed by atoms with Crippen molar-refractivity contribution in [2.75, 3.05) is 26.7 Å². The van der Waals surface area contributed by atoms with E-state index in [2.05, 4.69) is 45.1 Å². The molecule has 1 N–H and O–H groups in total. The highest BCUT2D eigenvalue weighted by atomic mass is 32.2. The molecule has 3 aliphatic heterocycles. The van der Waals surface area contributed by atoms with Crippen LogP contribution in [0, 0.1) is 11.3 Å². The van der Waals surface area contributed by atoms with Crippen molar-refractivity contribution in [3.63, 3.8) is 0 Å². The summed E-state index contributed by atoms with van der Waals surface area (Å²) in [5.41, 5.74) is 5.40. The van der Waals surface area contributed by atoms with Crippen molar-refractivity contribution in [2.24, 2.45) is 11.3 Å². The molecule has 10 heteroatoms. The summed E-state index contributed by atoms with van der Waals surface area (Å²) in [4.78, 5) is 33.2. The van der Waals surface area contributed by atoms with Gasteiger partial charge >= 0.3 is 0 Å². The van der Waals surface area contributed by atoms with Gasteiger partial charge in [0.15, 0.2) is 0 Å². The van der Waals surface area contributed by atoms with Gasteiger partial charge in [0.25, 0.3) is 5.91 Å². The zero-order valence-electron chi connectivity index (χ0n) is 29.5. The van der Waals surface area contributed by atoms with Crippen LogP contribution in [0.15, 0.2) is 36.4 Å². The minimum Gasteiger partial charge on any atom is -0.497 e. The Hall–Kier alpha value is -3.37. The summed E-state index contributed by atoms with van der Waals surface area (Å²) in [5, 5.41) is 0.366. The zero-order valence-corrected chi connectivity index (χ0v) is 30.3. The molecule has 3 aromatic rings. The van der Waals surface area contributed by atoms with Gasteiger partial charge in [-0.15, -0.1) is 0 Å². The smallest absolute Gasteiger partial charge is 0.264 e. The fourth-order valence-electron chi connectivity index (χ4n) is 9.70. The maximum Gasteiger partial charge on any atom is 0.264 e. The molecular weight excluding hydrogens is 637 g/mol. The quantitative estimate of drug-likeness (QED) is 0.300. The second kappa shape index (κ2) is 11.9. The number of fused-ring (bicyclic) bond motifs is 9. The predicted octanol–water partition coefficient (Wildman–Crippen LogP) is 6.26. The highest BCUT2D eigenvalue weighted by Crippen LogP contribution is 2.66. The van der Waals surface area contributed by atoms with Crippen LogP contribution < -0.4 is 9.46 Å². The normalized spacial score (nSPS) is 26.5. The van der Waals surface area contributed by atoms with Crippen LogP contribution in [0.25, 0.3) is 22.2 Å². The number of nitrogens with zero attached hydrogens (tertiary/aromatic N) is 3. The first-order valence-corrected chi connectivity index (χ1v) is 19.9. The van der Waals surface area contributed by atoms with E-state index in [0.717, 1.165) is 73.2 Å². The SMILES string of the molecule is COc1ccc2c(c1)C1CC1(C(=O)N1C[C@@H]3C[C@H]1CN3CC(C)C)Cn1c-2c(C2CCCCC2)c2ccc(C(=O)NS(=O)(=O)C(C)C)cc21. The molecule has 2 unspecified atom stereocenters. The molecule has 4 atom stereocenters. The number of likely N-dealkylation sites (tertiary alicyclic amines) is 2. The van der Waals surface area contributed by atoms with E-state index in [1.54, 1.807) is 27.0 Å². The molecule has 2 bridgehead atoms. The Kier molecular flexibility index (Phi) is 7.94. The average Bonchev–Trinajstić information content (AvgIpc) is 3.31. The fraction of sp³-hybridized carbons (Fsp3) is 0.590. The van der Waals surface area contributed by atoms with E-state index < -0.39 is 26.6 Å². The topological polar surface area (TPSA) is 101 Å². The highest BCUT2D eigenvalue weighted by molar-refractivity contribution is 7.90. The number of hydrogen-bond acceptors (Lipinski definition) is 6. The molecule has 49 heavy (non-hydrogen) atoms. The molecule has 9 nitrogen and oxygen atoms in total. The molecule has 2 saturated carbocycles. The molecule has 262 valence electrons. The van der Waals surface area contributed by atoms with Gasteiger partial charge in [-0.3, -0.25) is 14.5 Å². The van der Waals surface area contributed by atoms with E-state index in [0.29, 0.717) is 30.0 Å². The summed E-state index contributed by atoms with van der Waals surface area (Å²) in [6.45, 7) is 11.0. The minimum absolute atomic E-state index is 0.0767. The number of methoxy groups -OCH3 is 1. The molecule has 4 heterocycles. The highest BCUT2D eigenvalue weighted by Gasteiger charge is 2.65. The van der Waals surface area contributed by atoms with Crippen molar-refractivity contribution in [3.05, 3.63) is 53.1 Å². The minimum atomic E-state index is -3.80. The number of hydrogen-bond donors (Lipinski definition) is 1. The second-order valence-corrected chi connectivity index (χ2v) is 18.4. The molecule has 0 spiro atoms. The third kappa shape index (κ3) is 5.31. The van der Waals surface area contributed by atoms with Crippen LogP contribution >= 0.6 is 0 Å². The molecule has 2 aromatic carbocycles. The first kappa shape index (κ1) is 32.8. The lowest BCUT2D eigenvalue weighted by molar-refractivity contribution is -0.140. The molecule has 8 rings (SSSR count). The molecule has 0 radical (unpaired) electrons. The summed E-state index contributed by atoms with van der Waals surface area (Å²) >= 11 is 0. The summed E-state index contributed by atoms with van der Waals surface area (Å²) in [5.74, 6) is 1.47. The monoisotopic (exact) mass is 686 g/mol. The summed E-state index contributed by atoms with van der Waals surface area (Å²) in [6.07, 6.45) is 7.62. The summed E-state index contributed by atoms with van der Waals surface area (Å²) < 4.78 is 35.7. The first-order valence-electron chi connectivity index (χ1n) is 18.4. The lowest BCUT2D eigenvalue weighted by atomic mass is 9.81. The number of benzene rings is 2. The van der Waals surface area contributed by atoms with E-state index in [-0.39, 0.29) is 17.9 Å². The molecule has 4 fully saturated rings. The van der Waals surface area contributed by atoms with Crippen LogP contribution in [-0.2, 0) is 21.4 Å². The lowest BCUT2D eigenvalue weighted by Gasteiger charge is -2.37. The Morgan fingerprint density at radius 2 is 1.78 bits per heavy atom. The number of rotatable bonds is 8. The molecule has 2 amide bonds. The van der Waals surface area contributed by atoms with E-state index in [1.807, 2.05) is 18.2 Å². The van der Waals surface area contributed by atoms with E-state index in [4.69, 9.17) is 4.74 Å². The van der Waals surface area contributed by atoms with Gasteiger partial charge in [0, 0.05) is 66.2 Å². The van der Waals surface area contributed by atoms with Crippen molar-refractivity contribution in [3.8, 4) is 17.0 Å². The van der Waals surface area contributed by atoms with E-state index in [9.17, 15) is 18.0 Å². The van der Waals surface area contributed by atoms with Crippen LogP contribution in [-0.4, -0.2) is 78.7 Å². The van der Waals surface area contributed by atoms with Gasteiger partial charge in [-0.2, -0.15) is 0 Å². The van der Waals surface area contributed by atoms with Gasteiger partial charge in [-0.1, -0.05) is 39.2 Å². The Morgan fingerprint density at radius 3 is 2.45 bits per heavy atom. The van der Waals surface area contributed by atoms with Crippen LogP contribution in [0.5, 0.6) is 5.75 Å². The van der Waals surface area contributed by atoms with Crippen molar-refractivity contribution in [1.29, 1.82) is 0 Å². The molecule has 5 aliphatic rings. The molecular formula is C39H50N4O5S. The van der Waals surface area contributed by atoms with Crippen molar-refractivity contribution in [2.45, 2.75) is 108 Å². The molecule has 1 aromatic heterocycles. The van der Waals surface area contributed by atoms with Crippen molar-refractivity contribution < 1.29 is 22.7 Å². The number of ether oxygens (including phenoxy) is 1. The maximum absolute atomic E-state index is 15.0. The Morgan fingerprint density at radius 1 is 1.00 bits per heavy atom. The lowest BCUT2D eigenvalue weighted by Crippen LogP contribution is -2.52. The standard InChI is InChI=1S/C39H50N4O5S/c1-23(2)19-41-20-28-16-27(41)21-42(28)38(45)39-18-33(39)32-17-29(48-5)12-14-30(32)36-35(25-9-7-6-8-10-25)31-13-11-26(15-34(31)43(36)22-39)37(44)40-49(46,47)24(3)4/h11-15,17,23-25,27-28,33H,6-10,16,18-22H2,1-5H3,(H,40,44)/t27-,28-,33?,39?/m0/s1. The van der Waals surface area contributed by atoms with Gasteiger partial charge in [0.2, 0.25) is 15.9 Å². The number of carbonyl (C=O) groups excluding carboxylic acids is 2. The number of aromatic nitrogens is 1. The summed E-state index contributed by atoms with van der Waals surface area (Å²) in [7, 11) is -2.10. The number of amides is 2. The van der Waals surface area contributed by atoms with Crippen molar-refractivity contribution >= 4 is 32.7 Å². The summed E-state index contributed by atoms with van der Waals surface area (Å²) in [6, 6.07) is 12.7. The fourth-order valence-corrected chi connectivity index (χ4v) is 10.3. The number of sulfonamides is 1. The molecule has 2 aliphatic carbocycles. The predicted molar refractivity (Wildman–Crippen MR) is 191 cm³/mol. The maximum atomic E-state index is 15.0. The van der Waals surface area contributed by atoms with Crippen LogP contribution in [0.1, 0.15) is 106 Å². The average molecular weight is 687 g/mol. The number of nitrogens with one attached hydrogen (secondary N) is 1. The van der Waals surface area contributed by atoms with Crippen LogP contribution in [0.3, 0.4) is 0 Å². The second-order valence-electron chi connectivity index (χ2n) is 16.2. The third-order valence-corrected chi connectivity index (χ3v) is 14.0. The zero-order chi connectivity index (χ0) is 34.4. The first-order chi connectivity index (χ1) is 23.4. The number of carbonyl (C=O) groups is 2. The van der Waals surface area contributed by atoms with E-state index in [1.165, 1.54) is 30.4 Å². The van der Waals surface area contributed by atoms with Crippen LogP contribution in [0.2, 0.25) is 0 Å². The largest absolute Gasteiger partial charge is 0.497 e. The van der Waals surface area contributed by atoms with Gasteiger partial charge < -0.3 is 14.2 Å². The Balaban J connectivity index is 1.27. The number of piperazine rings is 1. The van der Waals surface area contributed by atoms with Crippen molar-refractivity contribution in [1.82, 2.24) is 19.1 Å². The van der Waals surface area contributed by atoms with E-state index >= 15 is 0 Å². The van der Waals surface area contributed by atoms with Crippen LogP contribution in [0.4, 0.5) is 0 Å².